The monoisotopic (exact) mass is 394 g/mol. The van der Waals surface area contributed by atoms with Gasteiger partial charge in [0.05, 0.1) is 5.70 Å². The van der Waals surface area contributed by atoms with E-state index in [9.17, 15) is 23.1 Å². The molecule has 0 saturated carbocycles. The summed E-state index contributed by atoms with van der Waals surface area (Å²) in [6.45, 7) is 0.330. The number of halogens is 3. The Morgan fingerprint density at radius 3 is 2.39 bits per heavy atom. The number of alkyl carbamates (subject to hydrolysis) is 1. The molecule has 0 bridgehead atoms. The molecule has 1 amide bonds. The van der Waals surface area contributed by atoms with Crippen LogP contribution in [0.2, 0.25) is 0 Å². The number of benzene rings is 2. The molecule has 0 saturated heterocycles. The van der Waals surface area contributed by atoms with E-state index in [1.54, 1.807) is 12.1 Å². The van der Waals surface area contributed by atoms with Crippen molar-refractivity contribution >= 4 is 11.8 Å². The van der Waals surface area contributed by atoms with E-state index in [0.29, 0.717) is 17.2 Å². The van der Waals surface area contributed by atoms with Gasteiger partial charge in [-0.05, 0) is 16.7 Å². The first-order valence-corrected chi connectivity index (χ1v) is 8.27. The number of ether oxygens (including phenoxy) is 1. The van der Waals surface area contributed by atoms with E-state index >= 15 is 0 Å². The lowest BCUT2D eigenvalue weighted by molar-refractivity contribution is -0.345. The molecule has 148 valence electrons. The molecule has 2 aromatic rings. The fraction of sp³-hybridized carbons (Fsp3) is 0.211. The van der Waals surface area contributed by atoms with Crippen LogP contribution in [0.4, 0.5) is 18.0 Å². The Morgan fingerprint density at radius 2 is 1.79 bits per heavy atom. The Bertz CT molecular complexity index is 854. The first-order chi connectivity index (χ1) is 13.3. The topological polar surface area (TPSA) is 79.8 Å². The maximum atomic E-state index is 12.7. The highest BCUT2D eigenvalue weighted by atomic mass is 19.4. The van der Waals surface area contributed by atoms with Crippen molar-refractivity contribution in [2.75, 3.05) is 0 Å². The Kier molecular flexibility index (Phi) is 5.57. The van der Waals surface area contributed by atoms with Crippen LogP contribution in [-0.2, 0) is 22.7 Å². The Hall–Kier alpha value is -3.04. The number of hydrogen-bond donors (Lipinski definition) is 3. The van der Waals surface area contributed by atoms with Crippen molar-refractivity contribution in [1.82, 2.24) is 10.8 Å². The molecular weight excluding hydrogens is 377 g/mol. The Balaban J connectivity index is 1.52. The van der Waals surface area contributed by atoms with Gasteiger partial charge in [-0.1, -0.05) is 54.6 Å². The average molecular weight is 394 g/mol. The first kappa shape index (κ1) is 19.7. The lowest BCUT2D eigenvalue weighted by Crippen LogP contribution is -2.45. The Labute approximate surface area is 158 Å². The van der Waals surface area contributed by atoms with Gasteiger partial charge in [-0.3, -0.25) is 5.48 Å². The molecule has 2 aromatic carbocycles. The largest absolute Gasteiger partial charge is 0.449 e. The molecule has 3 N–H and O–H groups in total. The molecule has 9 heteroatoms. The number of rotatable bonds is 5. The van der Waals surface area contributed by atoms with Crippen molar-refractivity contribution in [3.05, 3.63) is 77.4 Å². The van der Waals surface area contributed by atoms with E-state index in [1.807, 2.05) is 30.3 Å². The molecule has 6 nitrogen and oxygen atoms in total. The van der Waals surface area contributed by atoms with E-state index in [-0.39, 0.29) is 18.8 Å². The van der Waals surface area contributed by atoms with Gasteiger partial charge in [0, 0.05) is 12.6 Å². The zero-order valence-electron chi connectivity index (χ0n) is 14.5. The smallest absolute Gasteiger partial charge is 0.445 e. The van der Waals surface area contributed by atoms with Crippen LogP contribution in [-0.4, -0.2) is 23.2 Å². The molecular formula is C19H17F3N2O4. The molecule has 3 rings (SSSR count). The summed E-state index contributed by atoms with van der Waals surface area (Å²) in [6, 6.07) is 15.5. The predicted octanol–water partition coefficient (Wildman–Crippen LogP) is 3.24. The van der Waals surface area contributed by atoms with Gasteiger partial charge in [0.15, 0.2) is 0 Å². The quantitative estimate of drug-likeness (QED) is 0.726. The summed E-state index contributed by atoms with van der Waals surface area (Å²) < 4.78 is 43.3. The average Bonchev–Trinajstić information content (AvgIpc) is 3.09. The summed E-state index contributed by atoms with van der Waals surface area (Å²) >= 11 is 0. The van der Waals surface area contributed by atoms with E-state index in [2.05, 4.69) is 15.6 Å². The number of hydrogen-bond acceptors (Lipinski definition) is 5. The third kappa shape index (κ3) is 4.62. The maximum Gasteiger partial charge on any atom is 0.449 e. The fourth-order valence-electron chi connectivity index (χ4n) is 2.42. The maximum absolute atomic E-state index is 12.7. The molecule has 1 aliphatic heterocycles. The van der Waals surface area contributed by atoms with Gasteiger partial charge in [-0.2, -0.15) is 13.2 Å². The molecule has 0 aliphatic carbocycles. The predicted molar refractivity (Wildman–Crippen MR) is 93.1 cm³/mol. The summed E-state index contributed by atoms with van der Waals surface area (Å²) in [7, 11) is 0. The second-order valence-corrected chi connectivity index (χ2v) is 6.07. The minimum absolute atomic E-state index is 0.0124. The van der Waals surface area contributed by atoms with E-state index < -0.39 is 18.1 Å². The molecule has 0 aromatic heterocycles. The van der Waals surface area contributed by atoms with Gasteiger partial charge in [0.1, 0.15) is 6.61 Å². The summed E-state index contributed by atoms with van der Waals surface area (Å²) in [6.07, 6.45) is -5.00. The highest BCUT2D eigenvalue weighted by Crippen LogP contribution is 2.37. The van der Waals surface area contributed by atoms with Crippen molar-refractivity contribution in [3.63, 3.8) is 0 Å². The number of carbonyl (C=O) groups is 1. The van der Waals surface area contributed by atoms with Gasteiger partial charge in [-0.25, -0.2) is 9.63 Å². The fourth-order valence-corrected chi connectivity index (χ4v) is 2.42. The minimum Gasteiger partial charge on any atom is -0.445 e. The number of alkyl halides is 3. The van der Waals surface area contributed by atoms with Crippen molar-refractivity contribution in [1.29, 1.82) is 0 Å². The van der Waals surface area contributed by atoms with E-state index in [1.165, 1.54) is 12.1 Å². The molecule has 1 heterocycles. The normalized spacial score (nSPS) is 18.9. The second-order valence-electron chi connectivity index (χ2n) is 6.07. The van der Waals surface area contributed by atoms with Crippen LogP contribution in [0, 0.1) is 0 Å². The minimum atomic E-state index is -4.97. The number of aliphatic hydroxyl groups is 1. The molecule has 1 aliphatic rings. The molecule has 0 spiro atoms. The van der Waals surface area contributed by atoms with Crippen molar-refractivity contribution in [2.24, 2.45) is 0 Å². The zero-order chi connectivity index (χ0) is 20.2. The van der Waals surface area contributed by atoms with Gasteiger partial charge >= 0.3 is 18.1 Å². The van der Waals surface area contributed by atoms with E-state index in [0.717, 1.165) is 5.56 Å². The highest BCUT2D eigenvalue weighted by molar-refractivity contribution is 5.68. The van der Waals surface area contributed by atoms with Crippen molar-refractivity contribution in [2.45, 2.75) is 25.1 Å². The summed E-state index contributed by atoms with van der Waals surface area (Å²) in [4.78, 5) is 16.0. The number of nitrogens with one attached hydrogen (secondary N) is 2. The second kappa shape index (κ2) is 7.91. The van der Waals surface area contributed by atoms with Crippen LogP contribution in [0.3, 0.4) is 0 Å². The van der Waals surface area contributed by atoms with Crippen LogP contribution in [0.1, 0.15) is 16.7 Å². The molecule has 0 fully saturated rings. The van der Waals surface area contributed by atoms with Crippen LogP contribution >= 0.6 is 0 Å². The van der Waals surface area contributed by atoms with Crippen molar-refractivity contribution < 1.29 is 32.6 Å². The third-order valence-electron chi connectivity index (χ3n) is 3.98. The van der Waals surface area contributed by atoms with Crippen LogP contribution in [0.25, 0.3) is 5.70 Å². The zero-order valence-corrected chi connectivity index (χ0v) is 14.5. The summed E-state index contributed by atoms with van der Waals surface area (Å²) in [5, 5.41) is 12.0. The number of amides is 1. The van der Waals surface area contributed by atoms with Crippen molar-refractivity contribution in [3.8, 4) is 0 Å². The van der Waals surface area contributed by atoms with Gasteiger partial charge in [0.25, 0.3) is 0 Å². The van der Waals surface area contributed by atoms with Crippen LogP contribution in [0.15, 0.2) is 60.7 Å². The summed E-state index contributed by atoms with van der Waals surface area (Å²) in [5.41, 5.74) is 4.02. The molecule has 1 atom stereocenters. The molecule has 0 radical (unpaired) electrons. The lowest BCUT2D eigenvalue weighted by Gasteiger charge is -2.21. The Morgan fingerprint density at radius 1 is 1.11 bits per heavy atom. The first-order valence-electron chi connectivity index (χ1n) is 8.27. The highest BCUT2D eigenvalue weighted by Gasteiger charge is 2.57. The summed E-state index contributed by atoms with van der Waals surface area (Å²) in [5.74, 6) is -3.37. The standard InChI is InChI=1S/C19H17F3N2O4/c20-19(21,22)18(26)10-16(24-28-18)15-8-6-13(7-9-15)11-23-17(25)27-12-14-4-2-1-3-5-14/h1-10,24,26H,11-12H2,(H,23,25). The van der Waals surface area contributed by atoms with E-state index in [4.69, 9.17) is 4.74 Å². The number of hydroxylamine groups is 1. The molecule has 1 unspecified atom stereocenters. The van der Waals surface area contributed by atoms with Gasteiger partial charge < -0.3 is 15.2 Å². The third-order valence-corrected chi connectivity index (χ3v) is 3.98. The lowest BCUT2D eigenvalue weighted by atomic mass is 10.1. The number of carbonyl (C=O) groups excluding carboxylic acids is 1. The molecule has 28 heavy (non-hydrogen) atoms. The van der Waals surface area contributed by atoms with Gasteiger partial charge in [0.2, 0.25) is 0 Å². The van der Waals surface area contributed by atoms with Crippen LogP contribution < -0.4 is 10.8 Å². The van der Waals surface area contributed by atoms with Gasteiger partial charge in [-0.15, -0.1) is 0 Å². The SMILES string of the molecule is O=C(NCc1ccc(C2=CC(O)(C(F)(F)F)ON2)cc1)OCc1ccccc1. The van der Waals surface area contributed by atoms with Crippen LogP contribution in [0.5, 0.6) is 0 Å².